The van der Waals surface area contributed by atoms with E-state index in [0.29, 0.717) is 25.7 Å². The number of rotatable bonds is 9. The van der Waals surface area contributed by atoms with Crippen molar-refractivity contribution in [2.24, 2.45) is 11.8 Å². The molecule has 0 aromatic heterocycles. The molecule has 4 N–H and O–H groups in total. The molecule has 1 saturated heterocycles. The van der Waals surface area contributed by atoms with E-state index in [4.69, 9.17) is 9.47 Å². The van der Waals surface area contributed by atoms with Crippen LogP contribution in [0.3, 0.4) is 0 Å². The van der Waals surface area contributed by atoms with Crippen molar-refractivity contribution in [2.45, 2.75) is 117 Å². The maximum absolute atomic E-state index is 13.1. The van der Waals surface area contributed by atoms with Gasteiger partial charge in [-0.25, -0.2) is 14.4 Å². The van der Waals surface area contributed by atoms with Crippen molar-refractivity contribution in [3.05, 3.63) is 0 Å². The highest BCUT2D eigenvalue weighted by atomic mass is 16.6. The number of β-amino-alcohol motifs (C(OH)–C–C–N with tert-alkyl or cyclic N) is 1. The van der Waals surface area contributed by atoms with Gasteiger partial charge in [0.05, 0.1) is 25.8 Å². The van der Waals surface area contributed by atoms with Gasteiger partial charge >= 0.3 is 18.1 Å². The SMILES string of the molecule is COC(=O)[C@H](CC(C)C)NC(=O)N1C[C@H](O)[C@@H](NC(=O)[C@@H](CC(C)C)NC(=O)OC(C)(C)C)CC[C@H]1C. The molecule has 0 aromatic carbocycles. The first-order valence-corrected chi connectivity index (χ1v) is 13.2. The van der Waals surface area contributed by atoms with E-state index in [1.54, 1.807) is 20.8 Å². The van der Waals surface area contributed by atoms with Gasteiger partial charge in [0.1, 0.15) is 17.7 Å². The Morgan fingerprint density at radius 3 is 2.05 bits per heavy atom. The molecule has 0 radical (unpaired) electrons. The lowest BCUT2D eigenvalue weighted by Gasteiger charge is -2.31. The molecule has 37 heavy (non-hydrogen) atoms. The van der Waals surface area contributed by atoms with Gasteiger partial charge in [-0.15, -0.1) is 0 Å². The van der Waals surface area contributed by atoms with Gasteiger partial charge in [-0.3, -0.25) is 4.79 Å². The van der Waals surface area contributed by atoms with Crippen LogP contribution < -0.4 is 16.0 Å². The summed E-state index contributed by atoms with van der Waals surface area (Å²) < 4.78 is 10.1. The zero-order valence-corrected chi connectivity index (χ0v) is 23.9. The lowest BCUT2D eigenvalue weighted by atomic mass is 10.0. The van der Waals surface area contributed by atoms with Crippen molar-refractivity contribution in [1.29, 1.82) is 0 Å². The van der Waals surface area contributed by atoms with Gasteiger partial charge in [0, 0.05) is 6.04 Å². The van der Waals surface area contributed by atoms with Crippen LogP contribution in [-0.2, 0) is 19.1 Å². The second kappa shape index (κ2) is 14.4. The molecule has 0 spiro atoms. The van der Waals surface area contributed by atoms with Gasteiger partial charge in [-0.1, -0.05) is 27.7 Å². The number of likely N-dealkylation sites (tertiary alicyclic amines) is 1. The van der Waals surface area contributed by atoms with Crippen LogP contribution in [0.4, 0.5) is 9.59 Å². The van der Waals surface area contributed by atoms with Crippen molar-refractivity contribution in [1.82, 2.24) is 20.9 Å². The van der Waals surface area contributed by atoms with Crippen LogP contribution in [-0.4, -0.2) is 83.5 Å². The third kappa shape index (κ3) is 11.6. The van der Waals surface area contributed by atoms with Crippen LogP contribution in [0.2, 0.25) is 0 Å². The molecule has 0 aromatic rings. The monoisotopic (exact) mass is 528 g/mol. The second-order valence-corrected chi connectivity index (χ2v) is 11.7. The minimum atomic E-state index is -1.04. The predicted octanol–water partition coefficient (Wildman–Crippen LogP) is 2.55. The summed E-state index contributed by atoms with van der Waals surface area (Å²) in [4.78, 5) is 52.1. The molecule has 0 aliphatic carbocycles. The molecule has 1 rings (SSSR count). The van der Waals surface area contributed by atoms with Gasteiger partial charge in [0.15, 0.2) is 0 Å². The van der Waals surface area contributed by atoms with Crippen LogP contribution in [0.15, 0.2) is 0 Å². The largest absolute Gasteiger partial charge is 0.467 e. The van der Waals surface area contributed by atoms with Crippen LogP contribution in [0.5, 0.6) is 0 Å². The zero-order valence-electron chi connectivity index (χ0n) is 23.9. The predicted molar refractivity (Wildman–Crippen MR) is 140 cm³/mol. The maximum atomic E-state index is 13.1. The molecule has 1 heterocycles. The van der Waals surface area contributed by atoms with Gasteiger partial charge in [-0.2, -0.15) is 0 Å². The number of methoxy groups -OCH3 is 1. The van der Waals surface area contributed by atoms with Crippen molar-refractivity contribution in [3.8, 4) is 0 Å². The summed E-state index contributed by atoms with van der Waals surface area (Å²) in [5.74, 6) is -0.664. The van der Waals surface area contributed by atoms with E-state index >= 15 is 0 Å². The van der Waals surface area contributed by atoms with E-state index in [-0.39, 0.29) is 24.4 Å². The van der Waals surface area contributed by atoms with Crippen molar-refractivity contribution < 1.29 is 33.8 Å². The molecular formula is C26H48N4O7. The van der Waals surface area contributed by atoms with E-state index in [0.717, 1.165) is 0 Å². The third-order valence-corrected chi connectivity index (χ3v) is 6.07. The summed E-state index contributed by atoms with van der Waals surface area (Å²) in [7, 11) is 1.28. The Labute approximate surface area is 221 Å². The highest BCUT2D eigenvalue weighted by Gasteiger charge is 2.36. The second-order valence-electron chi connectivity index (χ2n) is 11.7. The van der Waals surface area contributed by atoms with Gasteiger partial charge < -0.3 is 35.4 Å². The number of alkyl carbamates (subject to hydrolysis) is 1. The Bertz CT molecular complexity index is 781. The summed E-state index contributed by atoms with van der Waals surface area (Å²) in [6, 6.07) is -2.95. The number of esters is 1. The quantitative estimate of drug-likeness (QED) is 0.336. The average molecular weight is 529 g/mol. The highest BCUT2D eigenvalue weighted by Crippen LogP contribution is 2.19. The minimum Gasteiger partial charge on any atom is -0.467 e. The number of hydrogen-bond donors (Lipinski definition) is 4. The summed E-state index contributed by atoms with van der Waals surface area (Å²) >= 11 is 0. The van der Waals surface area contributed by atoms with Gasteiger partial charge in [0.2, 0.25) is 5.91 Å². The van der Waals surface area contributed by atoms with E-state index < -0.39 is 53.8 Å². The van der Waals surface area contributed by atoms with Crippen LogP contribution in [0, 0.1) is 11.8 Å². The number of aliphatic hydroxyl groups excluding tert-OH is 1. The van der Waals surface area contributed by atoms with Gasteiger partial charge in [0.25, 0.3) is 0 Å². The van der Waals surface area contributed by atoms with Crippen LogP contribution >= 0.6 is 0 Å². The lowest BCUT2D eigenvalue weighted by molar-refractivity contribution is -0.143. The molecular weight excluding hydrogens is 480 g/mol. The Balaban J connectivity index is 2.91. The van der Waals surface area contributed by atoms with E-state index in [1.807, 2.05) is 34.6 Å². The standard InChI is InChI=1S/C26H48N4O7/c1-15(2)12-19(29-25(35)37-26(6,7)8)22(32)27-18-11-10-17(5)30(14-21(18)31)24(34)28-20(13-16(3)4)23(33)36-9/h15-21,31H,10-14H2,1-9H3,(H,27,32)(H,28,34)(H,29,35)/t17-,18+,19-,20+,21+/m1/s1. The Hall–Kier alpha value is -2.56. The zero-order chi connectivity index (χ0) is 28.5. The highest BCUT2D eigenvalue weighted by molar-refractivity contribution is 5.86. The molecule has 4 amide bonds. The van der Waals surface area contributed by atoms with E-state index in [2.05, 4.69) is 16.0 Å². The molecule has 11 nitrogen and oxygen atoms in total. The van der Waals surface area contributed by atoms with Crippen LogP contribution in [0.25, 0.3) is 0 Å². The van der Waals surface area contributed by atoms with Gasteiger partial charge in [-0.05, 0) is 65.2 Å². The molecule has 0 bridgehead atoms. The normalized spacial score (nSPS) is 22.1. The average Bonchev–Trinajstić information content (AvgIpc) is 2.89. The number of urea groups is 1. The maximum Gasteiger partial charge on any atom is 0.408 e. The van der Waals surface area contributed by atoms with Crippen LogP contribution in [0.1, 0.15) is 81.1 Å². The Morgan fingerprint density at radius 1 is 0.973 bits per heavy atom. The smallest absolute Gasteiger partial charge is 0.408 e. The molecule has 0 saturated carbocycles. The molecule has 11 heteroatoms. The fourth-order valence-corrected chi connectivity index (χ4v) is 4.22. The number of ether oxygens (including phenoxy) is 2. The van der Waals surface area contributed by atoms with E-state index in [9.17, 15) is 24.3 Å². The number of nitrogens with zero attached hydrogens (tertiary/aromatic N) is 1. The molecule has 5 atom stereocenters. The number of hydrogen-bond acceptors (Lipinski definition) is 7. The minimum absolute atomic E-state index is 0.0259. The molecule has 1 aliphatic rings. The van der Waals surface area contributed by atoms with E-state index in [1.165, 1.54) is 12.0 Å². The first-order valence-electron chi connectivity index (χ1n) is 13.2. The fourth-order valence-electron chi connectivity index (χ4n) is 4.22. The molecule has 1 aliphatic heterocycles. The fraction of sp³-hybridized carbons (Fsp3) is 0.846. The number of carbonyl (C=O) groups excluding carboxylic acids is 4. The Morgan fingerprint density at radius 2 is 1.54 bits per heavy atom. The summed E-state index contributed by atoms with van der Waals surface area (Å²) in [6.07, 6.45) is 0.0465. The molecule has 0 unspecified atom stereocenters. The number of nitrogens with one attached hydrogen (secondary N) is 3. The number of aliphatic hydroxyl groups is 1. The number of amides is 4. The Kier molecular flexibility index (Phi) is 12.6. The lowest BCUT2D eigenvalue weighted by Crippen LogP contribution is -2.56. The van der Waals surface area contributed by atoms with Crippen molar-refractivity contribution in [2.75, 3.05) is 13.7 Å². The first kappa shape index (κ1) is 32.5. The summed E-state index contributed by atoms with van der Waals surface area (Å²) in [6.45, 7) is 14.8. The van der Waals surface area contributed by atoms with Crippen molar-refractivity contribution in [3.63, 3.8) is 0 Å². The topological polar surface area (TPSA) is 146 Å². The molecule has 1 fully saturated rings. The van der Waals surface area contributed by atoms with Crippen molar-refractivity contribution >= 4 is 24.0 Å². The summed E-state index contributed by atoms with van der Waals surface area (Å²) in [5.41, 5.74) is -0.706. The molecule has 214 valence electrons. The number of carbonyl (C=O) groups is 4. The third-order valence-electron chi connectivity index (χ3n) is 6.07. The summed E-state index contributed by atoms with van der Waals surface area (Å²) in [5, 5.41) is 19.2. The first-order chi connectivity index (χ1) is 17.0.